The van der Waals surface area contributed by atoms with Gasteiger partial charge in [-0.3, -0.25) is 4.98 Å². The molecule has 0 spiro atoms. The third-order valence-electron chi connectivity index (χ3n) is 6.26. The van der Waals surface area contributed by atoms with E-state index < -0.39 is 0 Å². The molecule has 4 aromatic rings. The average Bonchev–Trinajstić information content (AvgIpc) is 3.01. The van der Waals surface area contributed by atoms with Crippen LogP contribution >= 0.6 is 11.6 Å². The standard InChI is InChI=1S/C28H30ClN9O3/c1-39-22-14-20(29)21(15-23(22)40-2)41-27-16-25(33-17-24(30)34-19-6-4-3-5-7-19)35-28(36-27)38-12-10-37(11-13-38)26-18-31-8-9-32-26/h3-9,14-16,18H,10-13,17H2,1-2H3,(H2,30,34)(H,33,35,36). The quantitative estimate of drug-likeness (QED) is 0.208. The predicted octanol–water partition coefficient (Wildman–Crippen LogP) is 4.16. The van der Waals surface area contributed by atoms with Gasteiger partial charge in [0.15, 0.2) is 17.2 Å². The molecule has 1 saturated heterocycles. The highest BCUT2D eigenvalue weighted by atomic mass is 35.5. The van der Waals surface area contributed by atoms with Crippen molar-refractivity contribution in [3.05, 3.63) is 72.1 Å². The third-order valence-corrected chi connectivity index (χ3v) is 6.55. The molecule has 0 unspecified atom stereocenters. The maximum absolute atomic E-state index is 6.49. The van der Waals surface area contributed by atoms with E-state index in [1.54, 1.807) is 51.0 Å². The fraction of sp³-hybridized carbons (Fsp3) is 0.250. The molecule has 1 aliphatic heterocycles. The Hall–Kier alpha value is -4.84. The van der Waals surface area contributed by atoms with E-state index in [0.29, 0.717) is 58.8 Å². The summed E-state index contributed by atoms with van der Waals surface area (Å²) in [4.78, 5) is 26.7. The van der Waals surface area contributed by atoms with Crippen molar-refractivity contribution in [1.82, 2.24) is 19.9 Å². The number of aliphatic imine (C=N–C) groups is 1. The summed E-state index contributed by atoms with van der Waals surface area (Å²) in [6, 6.07) is 14.5. The number of nitrogens with one attached hydrogen (secondary N) is 1. The number of anilines is 3. The summed E-state index contributed by atoms with van der Waals surface area (Å²) in [5.41, 5.74) is 6.96. The molecule has 5 rings (SSSR count). The first-order valence-electron chi connectivity index (χ1n) is 12.9. The summed E-state index contributed by atoms with van der Waals surface area (Å²) in [5.74, 6) is 3.87. The molecule has 1 fully saturated rings. The molecule has 2 aromatic carbocycles. The van der Waals surface area contributed by atoms with Crippen molar-refractivity contribution >= 4 is 40.7 Å². The first-order chi connectivity index (χ1) is 20.0. The van der Waals surface area contributed by atoms with Gasteiger partial charge in [-0.1, -0.05) is 29.8 Å². The second kappa shape index (κ2) is 13.0. The molecular weight excluding hydrogens is 546 g/mol. The van der Waals surface area contributed by atoms with Crippen molar-refractivity contribution in [3.8, 4) is 23.1 Å². The Bertz CT molecular complexity index is 1480. The molecule has 0 atom stereocenters. The largest absolute Gasteiger partial charge is 0.493 e. The molecule has 41 heavy (non-hydrogen) atoms. The lowest BCUT2D eigenvalue weighted by molar-refractivity contribution is 0.351. The van der Waals surface area contributed by atoms with Crippen LogP contribution in [0.2, 0.25) is 5.02 Å². The first-order valence-corrected chi connectivity index (χ1v) is 13.3. The van der Waals surface area contributed by atoms with E-state index in [9.17, 15) is 0 Å². The Morgan fingerprint density at radius 2 is 1.68 bits per heavy atom. The zero-order valence-corrected chi connectivity index (χ0v) is 23.5. The highest BCUT2D eigenvalue weighted by molar-refractivity contribution is 6.32. The number of hydrogen-bond acceptors (Lipinski definition) is 11. The summed E-state index contributed by atoms with van der Waals surface area (Å²) in [6.07, 6.45) is 5.11. The zero-order valence-electron chi connectivity index (χ0n) is 22.7. The van der Waals surface area contributed by atoms with E-state index in [4.69, 9.17) is 41.5 Å². The van der Waals surface area contributed by atoms with Crippen LogP contribution in [0.3, 0.4) is 0 Å². The van der Waals surface area contributed by atoms with Crippen LogP contribution in [-0.4, -0.2) is 72.7 Å². The van der Waals surface area contributed by atoms with Crippen molar-refractivity contribution in [2.24, 2.45) is 10.7 Å². The number of halogens is 1. The Balaban J connectivity index is 1.38. The number of aromatic nitrogens is 4. The van der Waals surface area contributed by atoms with Crippen molar-refractivity contribution in [2.45, 2.75) is 0 Å². The number of amidine groups is 1. The van der Waals surface area contributed by atoms with Crippen molar-refractivity contribution in [2.75, 3.05) is 62.1 Å². The van der Waals surface area contributed by atoms with E-state index in [2.05, 4.69) is 30.1 Å². The number of para-hydroxylation sites is 1. The Morgan fingerprint density at radius 1 is 0.951 bits per heavy atom. The number of rotatable bonds is 10. The molecule has 0 aliphatic carbocycles. The number of benzene rings is 2. The molecule has 1 aliphatic rings. The normalized spacial score (nSPS) is 13.6. The van der Waals surface area contributed by atoms with E-state index in [1.807, 2.05) is 30.3 Å². The summed E-state index contributed by atoms with van der Waals surface area (Å²) in [5, 5.41) is 3.58. The van der Waals surface area contributed by atoms with Gasteiger partial charge in [-0.05, 0) is 12.1 Å². The van der Waals surface area contributed by atoms with Gasteiger partial charge in [0.1, 0.15) is 17.5 Å². The van der Waals surface area contributed by atoms with Gasteiger partial charge in [0.25, 0.3) is 0 Å². The minimum absolute atomic E-state index is 0.266. The van der Waals surface area contributed by atoms with Crippen LogP contribution in [0.25, 0.3) is 0 Å². The Kier molecular flexibility index (Phi) is 8.79. The van der Waals surface area contributed by atoms with Gasteiger partial charge < -0.3 is 35.1 Å². The number of nitrogens with two attached hydrogens (primary N) is 1. The molecule has 0 amide bonds. The lowest BCUT2D eigenvalue weighted by atomic mass is 10.3. The number of hydrogen-bond donors (Lipinski definition) is 2. The molecule has 3 N–H and O–H groups in total. The lowest BCUT2D eigenvalue weighted by Gasteiger charge is -2.35. The second-order valence-corrected chi connectivity index (χ2v) is 9.37. The predicted molar refractivity (Wildman–Crippen MR) is 159 cm³/mol. The molecule has 13 heteroatoms. The smallest absolute Gasteiger partial charge is 0.230 e. The van der Waals surface area contributed by atoms with Crippen molar-refractivity contribution in [3.63, 3.8) is 0 Å². The van der Waals surface area contributed by atoms with E-state index in [-0.39, 0.29) is 6.54 Å². The summed E-state index contributed by atoms with van der Waals surface area (Å²) in [6.45, 7) is 3.08. The number of methoxy groups -OCH3 is 2. The summed E-state index contributed by atoms with van der Waals surface area (Å²) < 4.78 is 16.9. The molecule has 0 saturated carbocycles. The molecule has 0 radical (unpaired) electrons. The van der Waals surface area contributed by atoms with Crippen LogP contribution in [0.15, 0.2) is 72.1 Å². The van der Waals surface area contributed by atoms with E-state index in [0.717, 1.165) is 24.6 Å². The van der Waals surface area contributed by atoms with Gasteiger partial charge in [0, 0.05) is 56.8 Å². The molecule has 212 valence electrons. The van der Waals surface area contributed by atoms with Crippen LogP contribution in [0.1, 0.15) is 0 Å². The number of piperazine rings is 1. The SMILES string of the molecule is COc1cc(Cl)c(Oc2cc(NCC(N)=Nc3ccccc3)nc(N3CCN(c4cnccn4)CC3)n2)cc1OC. The topological polar surface area (TPSA) is 136 Å². The van der Waals surface area contributed by atoms with Gasteiger partial charge in [0.2, 0.25) is 11.8 Å². The van der Waals surface area contributed by atoms with Gasteiger partial charge in [-0.2, -0.15) is 9.97 Å². The van der Waals surface area contributed by atoms with E-state index >= 15 is 0 Å². The highest BCUT2D eigenvalue weighted by Gasteiger charge is 2.22. The molecule has 3 heterocycles. The monoisotopic (exact) mass is 575 g/mol. The van der Waals surface area contributed by atoms with Crippen molar-refractivity contribution in [1.29, 1.82) is 0 Å². The molecule has 12 nitrogen and oxygen atoms in total. The summed E-state index contributed by atoms with van der Waals surface area (Å²) in [7, 11) is 3.09. The fourth-order valence-electron chi connectivity index (χ4n) is 4.20. The van der Waals surface area contributed by atoms with Crippen molar-refractivity contribution < 1.29 is 14.2 Å². The Labute approximate surface area is 242 Å². The van der Waals surface area contributed by atoms with Gasteiger partial charge in [-0.15, -0.1) is 0 Å². The fourth-order valence-corrected chi connectivity index (χ4v) is 4.39. The highest BCUT2D eigenvalue weighted by Crippen LogP contribution is 2.39. The van der Waals surface area contributed by atoms with Gasteiger partial charge in [0.05, 0.1) is 37.7 Å². The Morgan fingerprint density at radius 3 is 2.39 bits per heavy atom. The lowest BCUT2D eigenvalue weighted by Crippen LogP contribution is -2.47. The first kappa shape index (κ1) is 27.7. The van der Waals surface area contributed by atoms with Crippen LogP contribution in [0.4, 0.5) is 23.3 Å². The summed E-state index contributed by atoms with van der Waals surface area (Å²) >= 11 is 6.49. The maximum Gasteiger partial charge on any atom is 0.230 e. The molecule has 2 aromatic heterocycles. The van der Waals surface area contributed by atoms with E-state index in [1.165, 1.54) is 0 Å². The zero-order chi connectivity index (χ0) is 28.6. The second-order valence-electron chi connectivity index (χ2n) is 8.96. The minimum atomic E-state index is 0.266. The van der Waals surface area contributed by atoms with Crippen LogP contribution in [0, 0.1) is 0 Å². The van der Waals surface area contributed by atoms with Crippen LogP contribution < -0.4 is 35.1 Å². The number of nitrogens with zero attached hydrogens (tertiary/aromatic N) is 7. The minimum Gasteiger partial charge on any atom is -0.493 e. The average molecular weight is 576 g/mol. The van der Waals surface area contributed by atoms with Gasteiger partial charge >= 0.3 is 0 Å². The van der Waals surface area contributed by atoms with Gasteiger partial charge in [-0.25, -0.2) is 9.98 Å². The van der Waals surface area contributed by atoms with Crippen LogP contribution in [-0.2, 0) is 0 Å². The third kappa shape index (κ3) is 7.03. The maximum atomic E-state index is 6.49. The molecule has 0 bridgehead atoms. The molecular formula is C28H30ClN9O3. The van der Waals surface area contributed by atoms with Crippen LogP contribution in [0.5, 0.6) is 23.1 Å². The number of ether oxygens (including phenoxy) is 3.